The van der Waals surface area contributed by atoms with Gasteiger partial charge >= 0.3 is 24.4 Å². The van der Waals surface area contributed by atoms with Crippen LogP contribution in [0.5, 0.6) is 0 Å². The Hall–Kier alpha value is -10.4. The number of benzene rings is 5. The Morgan fingerprint density at radius 1 is 0.401 bits per heavy atom. The molecule has 1 spiro atoms. The second-order valence-corrected chi connectivity index (χ2v) is 40.3. The second kappa shape index (κ2) is 49.5. The number of ketones is 1. The number of hydrogen-bond donors (Lipinski definition) is 2. The number of nitrogen functional groups attached to an aromatic ring is 1. The highest BCUT2D eigenvalue weighted by molar-refractivity contribution is 9.10. The molecule has 7 aliphatic rings. The van der Waals surface area contributed by atoms with Gasteiger partial charge in [0.15, 0.2) is 0 Å². The maximum Gasteiger partial charge on any atom is 0.410 e. The number of nitrogens with zero attached hydrogens (tertiary/aromatic N) is 10. The molecule has 3 N–H and O–H groups in total. The Morgan fingerprint density at radius 2 is 0.672 bits per heavy atom. The van der Waals surface area contributed by atoms with Crippen LogP contribution in [-0.4, -0.2) is 225 Å². The van der Waals surface area contributed by atoms with Gasteiger partial charge in [0.05, 0.1) is 29.9 Å². The van der Waals surface area contributed by atoms with E-state index in [2.05, 4.69) is 26.1 Å². The van der Waals surface area contributed by atoms with Gasteiger partial charge in [-0.1, -0.05) is 15.9 Å². The van der Waals surface area contributed by atoms with Crippen molar-refractivity contribution in [2.75, 3.05) is 90.9 Å². The molecule has 0 bridgehead atoms. The zero-order valence-corrected chi connectivity index (χ0v) is 82.0. The van der Waals surface area contributed by atoms with E-state index in [1.54, 1.807) is 68.2 Å². The van der Waals surface area contributed by atoms with Gasteiger partial charge in [-0.2, -0.15) is 10.2 Å². The van der Waals surface area contributed by atoms with E-state index in [4.69, 9.17) is 41.2 Å². The number of aliphatic hydroxyl groups is 1. The maximum absolute atomic E-state index is 15.0. The topological polar surface area (TPSA) is 287 Å². The number of carbonyl (C=O) groups is 6. The monoisotopic (exact) mass is 2030 g/mol. The van der Waals surface area contributed by atoms with Crippen molar-refractivity contribution in [2.45, 2.75) is 243 Å². The van der Waals surface area contributed by atoms with E-state index in [0.717, 1.165) is 91.8 Å². The second-order valence-electron chi connectivity index (χ2n) is 38.9. The molecule has 25 nitrogen and oxygen atoms in total. The van der Waals surface area contributed by atoms with Crippen molar-refractivity contribution in [3.8, 4) is 0 Å². The summed E-state index contributed by atoms with van der Waals surface area (Å²) < 4.78 is 205. The first-order valence-electron chi connectivity index (χ1n) is 44.8. The average molecular weight is 2030 g/mol. The summed E-state index contributed by atoms with van der Waals surface area (Å²) in [6, 6.07) is 21.4. The van der Waals surface area contributed by atoms with Crippen LogP contribution in [-0.2, 0) is 79.5 Å². The van der Waals surface area contributed by atoms with Crippen molar-refractivity contribution in [1.82, 2.24) is 48.5 Å². The van der Waals surface area contributed by atoms with Crippen LogP contribution in [0.3, 0.4) is 0 Å². The minimum atomic E-state index is -1.61. The highest BCUT2D eigenvalue weighted by Gasteiger charge is 2.48. The highest BCUT2D eigenvalue weighted by Crippen LogP contribution is 2.39. The molecule has 5 amide bonds. The SMILES string of the molecule is CC(C)(C)OC(=O)N1CCC(=O)CC1.CC(C)(C)OC(=O)N1CCC(F)(Cc2cc(F)cc(F)c2)CC1.CC(C)(C)OC(=O)N1CCC(O)(Cc2cc(F)cc(F)c2)CC1.CC(C)(C)OC(=O)N1CCC2(CC1)CO2.Cn1nc(CC(=O)N2CCC(F)(Cc3cc(F)cc(F)c3)CC2)ccc1=O.Cn1nc(N)ccc1=O.Fc1cc(F)cc(Br)c1.Fc1cc(F)cc(CC2(F)CCN(Cl)CC2)c1. The molecule has 2 aromatic heterocycles. The number of carbonyl (C=O) groups excluding carboxylic acids is 6. The number of Topliss-reactive ketones (excluding diaryl/α,β-unsaturated/α-hetero) is 1. The zero-order valence-electron chi connectivity index (χ0n) is 79.7. The summed E-state index contributed by atoms with van der Waals surface area (Å²) in [5, 5.41) is 18.3. The fourth-order valence-electron chi connectivity index (χ4n) is 15.0. The van der Waals surface area contributed by atoms with Gasteiger partial charge in [0.2, 0.25) is 5.91 Å². The van der Waals surface area contributed by atoms with Gasteiger partial charge in [-0.25, -0.2) is 90.0 Å². The van der Waals surface area contributed by atoms with Crippen LogP contribution in [0.1, 0.15) is 188 Å². The molecule has 0 saturated carbocycles. The Kier molecular flexibility index (Phi) is 41.0. The molecule has 7 fully saturated rings. The lowest BCUT2D eigenvalue weighted by Crippen LogP contribution is -2.49. The van der Waals surface area contributed by atoms with Crippen LogP contribution in [0, 0.1) is 58.2 Å². The number of alkyl halides is 3. The minimum Gasteiger partial charge on any atom is -0.444 e. The lowest BCUT2D eigenvalue weighted by atomic mass is 9.85. The predicted octanol–water partition coefficient (Wildman–Crippen LogP) is 18.6. The number of hydrogen-bond acceptors (Lipinski definition) is 18. The van der Waals surface area contributed by atoms with E-state index in [1.165, 1.54) is 81.7 Å². The van der Waals surface area contributed by atoms with E-state index >= 15 is 4.39 Å². The van der Waals surface area contributed by atoms with Crippen molar-refractivity contribution < 1.29 is 115 Å². The fourth-order valence-corrected chi connectivity index (χ4v) is 15.6. The number of epoxide rings is 1. The summed E-state index contributed by atoms with van der Waals surface area (Å²) in [6.07, 6.45) is 3.17. The number of aryl methyl sites for hydroxylation is 2. The Balaban J connectivity index is 0.000000218. The van der Waals surface area contributed by atoms with E-state index in [0.29, 0.717) is 92.1 Å². The van der Waals surface area contributed by atoms with Crippen LogP contribution in [0.4, 0.5) is 82.1 Å². The quantitative estimate of drug-likeness (QED) is 0.0557. The molecular weight excluding hydrogens is 1910 g/mol. The van der Waals surface area contributed by atoms with Crippen LogP contribution < -0.4 is 16.9 Å². The van der Waals surface area contributed by atoms with E-state index < -0.39 is 115 Å². The third-order valence-electron chi connectivity index (χ3n) is 22.1. The van der Waals surface area contributed by atoms with Crippen molar-refractivity contribution >= 4 is 69.6 Å². The van der Waals surface area contributed by atoms with Crippen LogP contribution in [0.2, 0.25) is 0 Å². The minimum absolute atomic E-state index is 0.0303. The first-order valence-corrected chi connectivity index (χ1v) is 45.9. The molecule has 14 rings (SSSR count). The lowest BCUT2D eigenvalue weighted by molar-refractivity contribution is -0.133. The molecule has 756 valence electrons. The van der Waals surface area contributed by atoms with E-state index in [9.17, 15) is 96.1 Å². The lowest BCUT2D eigenvalue weighted by Gasteiger charge is -2.38. The molecule has 0 atom stereocenters. The first kappa shape index (κ1) is 114. The summed E-state index contributed by atoms with van der Waals surface area (Å²) in [6.45, 7) is 27.7. The molecule has 7 aromatic rings. The highest BCUT2D eigenvalue weighted by atomic mass is 79.9. The van der Waals surface area contributed by atoms with Gasteiger partial charge < -0.3 is 59.0 Å². The van der Waals surface area contributed by atoms with Crippen molar-refractivity contribution in [1.29, 1.82) is 0 Å². The zero-order chi connectivity index (χ0) is 102. The fraction of sp³-hybridized carbons (Fsp3) is 0.546. The molecular formula is C97H124BrClF13N11O14. The molecule has 7 saturated heterocycles. The third kappa shape index (κ3) is 41.7. The molecule has 5 aromatic carbocycles. The van der Waals surface area contributed by atoms with Crippen LogP contribution >= 0.6 is 27.7 Å². The Bertz CT molecular complexity index is 5100. The summed E-state index contributed by atoms with van der Waals surface area (Å²) in [7, 11) is 3.06. The normalized spacial score (nSPS) is 17.5. The van der Waals surface area contributed by atoms with Crippen LogP contribution in [0.25, 0.3) is 0 Å². The summed E-state index contributed by atoms with van der Waals surface area (Å²) in [5.74, 6) is -6.28. The number of halogens is 15. The van der Waals surface area contributed by atoms with Gasteiger partial charge in [-0.05, 0) is 254 Å². The first-order chi connectivity index (χ1) is 63.5. The summed E-state index contributed by atoms with van der Waals surface area (Å²) in [4.78, 5) is 100. The van der Waals surface area contributed by atoms with Crippen LogP contribution in [0.15, 0.2) is 129 Å². The van der Waals surface area contributed by atoms with Crippen molar-refractivity contribution in [2.24, 2.45) is 14.1 Å². The summed E-state index contributed by atoms with van der Waals surface area (Å²) >= 11 is 8.68. The summed E-state index contributed by atoms with van der Waals surface area (Å²) in [5.41, 5.74) is -0.923. The molecule has 0 radical (unpaired) electrons. The Morgan fingerprint density at radius 3 is 0.964 bits per heavy atom. The molecule has 0 aliphatic carbocycles. The van der Waals surface area contributed by atoms with Gasteiger partial charge in [0, 0.05) is 178 Å². The standard InChI is InChI=1S/C19H20F3N3O2.C17H22F3NO2.C17H23F2NO3.C12H13ClF3N.C11H19NO3.C10H17NO3.C6H3BrF2.C5H7N3O/c1-24-17(26)3-2-16(23-24)11-18(27)25-6-4-19(22,5-7-25)12-13-8-14(20)10-15(21)9-13;1-16(2,3)23-15(22)21-6-4-17(20,5-7-21)11-12-8-13(18)10-14(19)9-12;1-16(2,3)23-15(21)20-6-4-17(22,5-7-20)11-12-8-13(18)10-14(19)9-12;13-17-3-1-12(16,2-4-17)8-9-5-10(14)7-11(15)6-9;1-10(2,3)15-9(13)12-6-4-11(5-7-12)8-14-11;1-10(2,3)14-9(13)11-6-4-8(12)5-7-11;7-4-1-5(8)3-6(9)2-4;1-8-5(9)3-2-4(6)7-8/h2-3,8-10H,4-7,11-12H2,1H3;8-10H,4-7,11H2,1-3H3;8-10,22H,4-7,11H2,1-3H3;5-7H,1-4,8H2;4-8H2,1-3H3;4-7H2,1-3H3;1-3H;2-3H,1H3,(H2,6,7). The third-order valence-corrected chi connectivity index (χ3v) is 22.9. The van der Waals surface area contributed by atoms with E-state index in [1.807, 2.05) is 41.5 Å². The predicted molar refractivity (Wildman–Crippen MR) is 492 cm³/mol. The largest absolute Gasteiger partial charge is 0.444 e. The number of nitrogens with two attached hydrogens (primary N) is 1. The number of anilines is 1. The maximum atomic E-state index is 15.0. The number of aromatic nitrogens is 4. The molecule has 9 heterocycles. The number of ether oxygens (including phenoxy) is 5. The van der Waals surface area contributed by atoms with E-state index in [-0.39, 0.29) is 149 Å². The number of likely N-dealkylation sites (tertiary alicyclic amines) is 5. The smallest absolute Gasteiger partial charge is 0.410 e. The van der Waals surface area contributed by atoms with Crippen molar-refractivity contribution in [3.63, 3.8) is 0 Å². The van der Waals surface area contributed by atoms with Gasteiger partial charge in [0.25, 0.3) is 11.1 Å². The van der Waals surface area contributed by atoms with Crippen molar-refractivity contribution in [3.05, 3.63) is 227 Å². The molecule has 40 heteroatoms. The molecule has 0 unspecified atom stereocenters. The number of piperidine rings is 6. The number of amides is 5. The Labute approximate surface area is 803 Å². The average Bonchev–Trinajstić information content (AvgIpc) is 1.63. The molecule has 137 heavy (non-hydrogen) atoms. The van der Waals surface area contributed by atoms with Gasteiger partial charge in [0.1, 0.15) is 109 Å². The number of rotatable bonds is 10. The van der Waals surface area contributed by atoms with Gasteiger partial charge in [-0.3, -0.25) is 19.2 Å². The molecule has 7 aliphatic heterocycles. The van der Waals surface area contributed by atoms with Gasteiger partial charge in [-0.15, -0.1) is 0 Å².